The van der Waals surface area contributed by atoms with Crippen molar-refractivity contribution >= 4 is 56.7 Å². The fourth-order valence-electron chi connectivity index (χ4n) is 3.84. The van der Waals surface area contributed by atoms with Gasteiger partial charge in [-0.1, -0.05) is 53.9 Å². The first-order chi connectivity index (χ1) is 15.2. The van der Waals surface area contributed by atoms with E-state index in [0.29, 0.717) is 11.8 Å². The van der Waals surface area contributed by atoms with Crippen molar-refractivity contribution in [1.29, 1.82) is 0 Å². The van der Waals surface area contributed by atoms with Gasteiger partial charge in [0, 0.05) is 10.6 Å². The molecule has 31 heavy (non-hydrogen) atoms. The largest absolute Gasteiger partial charge is 0.465 e. The molecular formula is C22H22N4O2S3. The number of carbonyl (C=O) groups excluding carboxylic acids is 1. The van der Waals surface area contributed by atoms with Crippen molar-refractivity contribution in [2.24, 2.45) is 0 Å². The van der Waals surface area contributed by atoms with Gasteiger partial charge in [-0.15, -0.1) is 21.5 Å². The number of ether oxygens (including phenoxy) is 1. The van der Waals surface area contributed by atoms with E-state index in [1.807, 2.05) is 17.4 Å². The number of rotatable bonds is 7. The molecule has 1 aromatic carbocycles. The number of esters is 1. The van der Waals surface area contributed by atoms with Gasteiger partial charge in [0.1, 0.15) is 4.83 Å². The highest BCUT2D eigenvalue weighted by atomic mass is 32.2. The minimum atomic E-state index is -0.246. The van der Waals surface area contributed by atoms with Gasteiger partial charge in [0.15, 0.2) is 16.0 Å². The number of nitrogens with zero attached hydrogens (tertiary/aromatic N) is 4. The molecular weight excluding hydrogens is 448 g/mol. The smallest absolute Gasteiger partial charge is 0.316 e. The Hall–Kier alpha value is -2.10. The number of carbonyl (C=O) groups is 1. The number of thiophene rings is 1. The summed E-state index contributed by atoms with van der Waals surface area (Å²) in [4.78, 5) is 19.4. The molecule has 0 unspecified atom stereocenters. The molecule has 9 heteroatoms. The fourth-order valence-corrected chi connectivity index (χ4v) is 6.89. The van der Waals surface area contributed by atoms with E-state index in [-0.39, 0.29) is 11.7 Å². The van der Waals surface area contributed by atoms with Crippen LogP contribution in [0.25, 0.3) is 15.9 Å². The summed E-state index contributed by atoms with van der Waals surface area (Å²) in [6, 6.07) is 10.4. The van der Waals surface area contributed by atoms with Gasteiger partial charge in [-0.2, -0.15) is 0 Å². The molecule has 0 saturated carbocycles. The average Bonchev–Trinajstić information content (AvgIpc) is 3.38. The number of fused-ring (bicyclic) bond motifs is 5. The van der Waals surface area contributed by atoms with E-state index in [2.05, 4.69) is 34.5 Å². The van der Waals surface area contributed by atoms with E-state index in [1.54, 1.807) is 23.1 Å². The van der Waals surface area contributed by atoms with Crippen molar-refractivity contribution in [3.63, 3.8) is 0 Å². The van der Waals surface area contributed by atoms with Crippen LogP contribution in [0, 0.1) is 0 Å². The molecule has 0 spiro atoms. The van der Waals surface area contributed by atoms with Gasteiger partial charge < -0.3 is 4.74 Å². The Kier molecular flexibility index (Phi) is 6.15. The normalized spacial score (nSPS) is 13.6. The fraction of sp³-hybridized carbons (Fsp3) is 0.364. The Morgan fingerprint density at radius 2 is 1.97 bits per heavy atom. The zero-order valence-electron chi connectivity index (χ0n) is 17.2. The lowest BCUT2D eigenvalue weighted by molar-refractivity contribution is -0.139. The zero-order valence-corrected chi connectivity index (χ0v) is 19.6. The lowest BCUT2D eigenvalue weighted by Gasteiger charge is -2.11. The van der Waals surface area contributed by atoms with Crippen LogP contribution in [0.15, 0.2) is 40.6 Å². The summed E-state index contributed by atoms with van der Waals surface area (Å²) in [6.07, 6.45) is 4.63. The second-order valence-corrected chi connectivity index (χ2v) is 10.3. The Morgan fingerprint density at radius 1 is 1.13 bits per heavy atom. The first-order valence-corrected chi connectivity index (χ1v) is 13.2. The molecule has 0 fully saturated rings. The van der Waals surface area contributed by atoms with Crippen LogP contribution in [0.2, 0.25) is 0 Å². The number of aryl methyl sites for hydroxylation is 2. The Morgan fingerprint density at radius 3 is 2.81 bits per heavy atom. The topological polar surface area (TPSA) is 69.4 Å². The van der Waals surface area contributed by atoms with Crippen molar-refractivity contribution in [3.8, 4) is 0 Å². The number of thioether (sulfide) groups is 2. The Balaban J connectivity index is 1.58. The van der Waals surface area contributed by atoms with E-state index < -0.39 is 0 Å². The van der Waals surface area contributed by atoms with Crippen LogP contribution < -0.4 is 0 Å². The van der Waals surface area contributed by atoms with Gasteiger partial charge in [0.05, 0.1) is 17.7 Å². The van der Waals surface area contributed by atoms with E-state index in [0.717, 1.165) is 39.6 Å². The van der Waals surface area contributed by atoms with E-state index in [1.165, 1.54) is 40.6 Å². The minimum absolute atomic E-state index is 0.206. The third kappa shape index (κ3) is 4.18. The molecule has 0 saturated heterocycles. The zero-order chi connectivity index (χ0) is 21.2. The highest BCUT2D eigenvalue weighted by Gasteiger charge is 2.24. The summed E-state index contributed by atoms with van der Waals surface area (Å²) in [7, 11) is 0. The van der Waals surface area contributed by atoms with Gasteiger partial charge in [-0.25, -0.2) is 9.38 Å². The van der Waals surface area contributed by atoms with Gasteiger partial charge in [-0.3, -0.25) is 4.79 Å². The Bertz CT molecular complexity index is 1240. The highest BCUT2D eigenvalue weighted by molar-refractivity contribution is 8.00. The second kappa shape index (κ2) is 9.18. The van der Waals surface area contributed by atoms with Crippen LogP contribution >= 0.6 is 34.9 Å². The summed E-state index contributed by atoms with van der Waals surface area (Å²) in [6.45, 7) is 2.19. The quantitative estimate of drug-likeness (QED) is 0.210. The van der Waals surface area contributed by atoms with E-state index in [9.17, 15) is 4.79 Å². The summed E-state index contributed by atoms with van der Waals surface area (Å²) in [5.41, 5.74) is 3.48. The molecule has 3 heterocycles. The minimum Gasteiger partial charge on any atom is -0.465 e. The molecule has 0 aliphatic heterocycles. The van der Waals surface area contributed by atoms with Crippen molar-refractivity contribution in [2.75, 3.05) is 12.4 Å². The summed E-state index contributed by atoms with van der Waals surface area (Å²) in [5, 5.41) is 11.7. The maximum absolute atomic E-state index is 11.9. The van der Waals surface area contributed by atoms with Crippen LogP contribution in [0.1, 0.15) is 35.8 Å². The average molecular weight is 471 g/mol. The van der Waals surface area contributed by atoms with Crippen LogP contribution in [0.3, 0.4) is 0 Å². The Labute approximate surface area is 192 Å². The lowest BCUT2D eigenvalue weighted by Crippen LogP contribution is -2.07. The summed E-state index contributed by atoms with van der Waals surface area (Å²) < 4.78 is 7.11. The molecule has 5 rings (SSSR count). The monoisotopic (exact) mass is 470 g/mol. The van der Waals surface area contributed by atoms with Crippen LogP contribution in [-0.4, -0.2) is 37.9 Å². The van der Waals surface area contributed by atoms with Gasteiger partial charge in [0.25, 0.3) is 0 Å². The first-order valence-electron chi connectivity index (χ1n) is 10.4. The molecule has 0 bridgehead atoms. The number of hydrogen-bond donors (Lipinski definition) is 0. The molecule has 0 N–H and O–H groups in total. The van der Waals surface area contributed by atoms with Crippen molar-refractivity contribution in [1.82, 2.24) is 19.6 Å². The lowest BCUT2D eigenvalue weighted by atomic mass is 9.97. The molecule has 1 aliphatic rings. The van der Waals surface area contributed by atoms with Gasteiger partial charge in [-0.05, 0) is 43.7 Å². The number of benzene rings is 1. The standard InChI is InChI=1S/C22H22N4O2S3/c1-2-28-17(27)13-30-22-25-24-19-18-15-10-6-7-11-16(15)31-20(18)23-21(26(19)22)29-12-14-8-4-3-5-9-14/h3-5,8-9H,2,6-7,10-13H2,1H3. The summed E-state index contributed by atoms with van der Waals surface area (Å²) in [5.74, 6) is 0.765. The van der Waals surface area contributed by atoms with Crippen LogP contribution in [0.4, 0.5) is 0 Å². The predicted octanol–water partition coefficient (Wildman–Crippen LogP) is 5.17. The van der Waals surface area contributed by atoms with Crippen molar-refractivity contribution in [2.45, 2.75) is 48.7 Å². The molecule has 4 aromatic rings. The third-order valence-corrected chi connectivity index (χ3v) is 8.33. The molecule has 160 valence electrons. The maximum atomic E-state index is 11.9. The number of hydrogen-bond acceptors (Lipinski definition) is 8. The molecule has 1 aliphatic carbocycles. The summed E-state index contributed by atoms with van der Waals surface area (Å²) >= 11 is 4.83. The maximum Gasteiger partial charge on any atom is 0.316 e. The predicted molar refractivity (Wildman–Crippen MR) is 126 cm³/mol. The molecule has 0 radical (unpaired) electrons. The second-order valence-electron chi connectivity index (χ2n) is 7.29. The van der Waals surface area contributed by atoms with E-state index in [4.69, 9.17) is 9.72 Å². The third-order valence-electron chi connectivity index (χ3n) is 5.23. The van der Waals surface area contributed by atoms with E-state index >= 15 is 0 Å². The van der Waals surface area contributed by atoms with Gasteiger partial charge in [0.2, 0.25) is 0 Å². The van der Waals surface area contributed by atoms with Gasteiger partial charge >= 0.3 is 5.97 Å². The SMILES string of the molecule is CCOC(=O)CSc1nnc2c3c4c(sc3nc(SCc3ccccc3)n12)CCCC4. The molecule has 0 amide bonds. The first kappa shape index (κ1) is 20.8. The van der Waals surface area contributed by atoms with Crippen molar-refractivity contribution in [3.05, 3.63) is 46.3 Å². The van der Waals surface area contributed by atoms with Crippen molar-refractivity contribution < 1.29 is 9.53 Å². The molecule has 0 atom stereocenters. The number of aromatic nitrogens is 4. The van der Waals surface area contributed by atoms with Crippen LogP contribution in [0.5, 0.6) is 0 Å². The molecule has 6 nitrogen and oxygen atoms in total. The highest BCUT2D eigenvalue weighted by Crippen LogP contribution is 2.40. The van der Waals surface area contributed by atoms with Crippen LogP contribution in [-0.2, 0) is 28.1 Å². The molecule has 3 aromatic heterocycles.